The molecule has 1 aromatic heterocycles. The first-order valence-electron chi connectivity index (χ1n) is 7.88. The molecule has 124 valence electrons. The molecule has 0 radical (unpaired) electrons. The fourth-order valence-corrected chi connectivity index (χ4v) is 2.54. The lowest BCUT2D eigenvalue weighted by atomic mass is 10.0. The molecular formula is C17H24N4O2. The van der Waals surface area contributed by atoms with Gasteiger partial charge in [-0.1, -0.05) is 31.1 Å². The van der Waals surface area contributed by atoms with Gasteiger partial charge < -0.3 is 15.2 Å². The van der Waals surface area contributed by atoms with Crippen LogP contribution in [0.15, 0.2) is 22.7 Å². The zero-order chi connectivity index (χ0) is 17.0. The number of urea groups is 1. The zero-order valence-electron chi connectivity index (χ0n) is 14.4. The molecule has 1 aromatic carbocycles. The SMILES string of the molecule is CCc1cccc(NC(=O)NC(C)(C)c2nc(C)no2)c1CC. The normalized spacial score (nSPS) is 11.3. The Hall–Kier alpha value is -2.37. The smallest absolute Gasteiger partial charge is 0.320 e. The fourth-order valence-electron chi connectivity index (χ4n) is 2.54. The van der Waals surface area contributed by atoms with Crippen LogP contribution < -0.4 is 10.6 Å². The van der Waals surface area contributed by atoms with Crippen molar-refractivity contribution in [3.05, 3.63) is 41.0 Å². The van der Waals surface area contributed by atoms with Crippen LogP contribution in [0.1, 0.15) is 50.5 Å². The van der Waals surface area contributed by atoms with Gasteiger partial charge in [-0.15, -0.1) is 0 Å². The molecule has 2 amide bonds. The molecule has 2 rings (SSSR count). The van der Waals surface area contributed by atoms with E-state index < -0.39 is 5.54 Å². The van der Waals surface area contributed by atoms with Crippen LogP contribution >= 0.6 is 0 Å². The lowest BCUT2D eigenvalue weighted by molar-refractivity contribution is 0.228. The topological polar surface area (TPSA) is 80.0 Å². The number of aromatic nitrogens is 2. The van der Waals surface area contributed by atoms with Gasteiger partial charge in [0, 0.05) is 5.69 Å². The second-order valence-electron chi connectivity index (χ2n) is 6.00. The maximum Gasteiger partial charge on any atom is 0.320 e. The maximum absolute atomic E-state index is 12.4. The number of hydrogen-bond acceptors (Lipinski definition) is 4. The van der Waals surface area contributed by atoms with Crippen molar-refractivity contribution < 1.29 is 9.32 Å². The molecule has 1 heterocycles. The molecule has 0 atom stereocenters. The number of benzene rings is 1. The van der Waals surface area contributed by atoms with Gasteiger partial charge in [0.25, 0.3) is 5.89 Å². The molecule has 2 N–H and O–H groups in total. The molecule has 0 fully saturated rings. The third kappa shape index (κ3) is 3.88. The third-order valence-corrected chi connectivity index (χ3v) is 3.74. The summed E-state index contributed by atoms with van der Waals surface area (Å²) in [6.45, 7) is 9.58. The number of carbonyl (C=O) groups excluding carboxylic acids is 1. The molecule has 0 saturated carbocycles. The van der Waals surface area contributed by atoms with Crippen LogP contribution in [-0.2, 0) is 18.4 Å². The van der Waals surface area contributed by atoms with Crippen LogP contribution in [0.2, 0.25) is 0 Å². The Bertz CT molecular complexity index is 692. The zero-order valence-corrected chi connectivity index (χ0v) is 14.4. The molecule has 23 heavy (non-hydrogen) atoms. The van der Waals surface area contributed by atoms with Crippen molar-refractivity contribution in [3.8, 4) is 0 Å². The van der Waals surface area contributed by atoms with Crippen molar-refractivity contribution in [2.24, 2.45) is 0 Å². The van der Waals surface area contributed by atoms with Crippen LogP contribution in [0.4, 0.5) is 10.5 Å². The highest BCUT2D eigenvalue weighted by atomic mass is 16.5. The summed E-state index contributed by atoms with van der Waals surface area (Å²) in [7, 11) is 0. The highest BCUT2D eigenvalue weighted by molar-refractivity contribution is 5.90. The Balaban J connectivity index is 2.14. The fraction of sp³-hybridized carbons (Fsp3) is 0.471. The van der Waals surface area contributed by atoms with E-state index in [4.69, 9.17) is 4.52 Å². The van der Waals surface area contributed by atoms with Gasteiger partial charge in [-0.25, -0.2) is 4.79 Å². The third-order valence-electron chi connectivity index (χ3n) is 3.74. The first-order chi connectivity index (χ1) is 10.9. The van der Waals surface area contributed by atoms with E-state index in [1.807, 2.05) is 26.0 Å². The Kier molecular flexibility index (Phi) is 5.03. The number of aryl methyl sites for hydroxylation is 2. The van der Waals surface area contributed by atoms with E-state index in [1.54, 1.807) is 6.92 Å². The van der Waals surface area contributed by atoms with Crippen molar-refractivity contribution in [2.75, 3.05) is 5.32 Å². The molecule has 0 unspecified atom stereocenters. The highest BCUT2D eigenvalue weighted by Gasteiger charge is 2.29. The Morgan fingerprint density at radius 3 is 2.57 bits per heavy atom. The highest BCUT2D eigenvalue weighted by Crippen LogP contribution is 2.22. The summed E-state index contributed by atoms with van der Waals surface area (Å²) in [6, 6.07) is 5.67. The summed E-state index contributed by atoms with van der Waals surface area (Å²) in [5.74, 6) is 0.919. The van der Waals surface area contributed by atoms with Crippen LogP contribution in [0, 0.1) is 6.92 Å². The van der Waals surface area contributed by atoms with E-state index in [9.17, 15) is 4.79 Å². The number of nitrogens with zero attached hydrogens (tertiary/aromatic N) is 2. The number of hydrogen-bond donors (Lipinski definition) is 2. The first-order valence-corrected chi connectivity index (χ1v) is 7.88. The number of anilines is 1. The second-order valence-corrected chi connectivity index (χ2v) is 6.00. The molecule has 2 aromatic rings. The minimum absolute atomic E-state index is 0.297. The van der Waals surface area contributed by atoms with E-state index in [1.165, 1.54) is 5.56 Å². The molecular weight excluding hydrogens is 292 g/mol. The van der Waals surface area contributed by atoms with Gasteiger partial charge in [0.1, 0.15) is 5.54 Å². The van der Waals surface area contributed by atoms with Gasteiger partial charge in [-0.2, -0.15) is 4.98 Å². The predicted octanol–water partition coefficient (Wildman–Crippen LogP) is 3.56. The van der Waals surface area contributed by atoms with Crippen LogP contribution in [-0.4, -0.2) is 16.2 Å². The molecule has 0 bridgehead atoms. The summed E-state index contributed by atoms with van der Waals surface area (Å²) in [4.78, 5) is 16.5. The molecule has 0 spiro atoms. The van der Waals surface area contributed by atoms with Gasteiger partial charge in [-0.3, -0.25) is 0 Å². The molecule has 0 aliphatic heterocycles. The van der Waals surface area contributed by atoms with Gasteiger partial charge in [0.05, 0.1) is 0 Å². The standard InChI is InChI=1S/C17H24N4O2/c1-6-12-9-8-10-14(13(12)7-2)19-16(22)20-17(4,5)15-18-11(3)21-23-15/h8-10H,6-7H2,1-5H3,(H2,19,20,22). The van der Waals surface area contributed by atoms with E-state index in [2.05, 4.69) is 40.7 Å². The number of carbonyl (C=O) groups is 1. The van der Waals surface area contributed by atoms with Crippen molar-refractivity contribution >= 4 is 11.7 Å². The second kappa shape index (κ2) is 6.81. The summed E-state index contributed by atoms with van der Waals surface area (Å²) in [5.41, 5.74) is 2.50. The number of rotatable bonds is 5. The van der Waals surface area contributed by atoms with Crippen LogP contribution in [0.3, 0.4) is 0 Å². The molecule has 6 heteroatoms. The van der Waals surface area contributed by atoms with E-state index in [-0.39, 0.29) is 6.03 Å². The largest absolute Gasteiger partial charge is 0.337 e. The number of amides is 2. The Morgan fingerprint density at radius 2 is 2.00 bits per heavy atom. The first kappa shape index (κ1) is 17.0. The summed E-state index contributed by atoms with van der Waals surface area (Å²) < 4.78 is 5.16. The van der Waals surface area contributed by atoms with Crippen molar-refractivity contribution in [2.45, 2.75) is 53.0 Å². The van der Waals surface area contributed by atoms with Gasteiger partial charge in [-0.05, 0) is 50.8 Å². The van der Waals surface area contributed by atoms with Crippen molar-refractivity contribution in [1.82, 2.24) is 15.5 Å². The average Bonchev–Trinajstić information content (AvgIpc) is 2.93. The minimum atomic E-state index is -0.750. The quantitative estimate of drug-likeness (QED) is 0.884. The maximum atomic E-state index is 12.4. The Labute approximate surface area is 136 Å². The van der Waals surface area contributed by atoms with Gasteiger partial charge in [0.15, 0.2) is 5.82 Å². The minimum Gasteiger partial charge on any atom is -0.337 e. The Morgan fingerprint density at radius 1 is 1.26 bits per heavy atom. The van der Waals surface area contributed by atoms with E-state index in [0.717, 1.165) is 24.1 Å². The monoisotopic (exact) mass is 316 g/mol. The lowest BCUT2D eigenvalue weighted by Gasteiger charge is -2.23. The van der Waals surface area contributed by atoms with E-state index in [0.29, 0.717) is 11.7 Å². The summed E-state index contributed by atoms with van der Waals surface area (Å²) in [5, 5.41) is 9.57. The average molecular weight is 316 g/mol. The van der Waals surface area contributed by atoms with E-state index >= 15 is 0 Å². The predicted molar refractivity (Wildman–Crippen MR) is 89.4 cm³/mol. The molecule has 0 aliphatic carbocycles. The van der Waals surface area contributed by atoms with Gasteiger partial charge >= 0.3 is 6.03 Å². The van der Waals surface area contributed by atoms with Gasteiger partial charge in [0.2, 0.25) is 0 Å². The molecule has 0 aliphatic rings. The summed E-state index contributed by atoms with van der Waals surface area (Å²) in [6.07, 6.45) is 1.80. The van der Waals surface area contributed by atoms with Crippen LogP contribution in [0.5, 0.6) is 0 Å². The lowest BCUT2D eigenvalue weighted by Crippen LogP contribution is -2.43. The van der Waals surface area contributed by atoms with Crippen LogP contribution in [0.25, 0.3) is 0 Å². The summed E-state index contributed by atoms with van der Waals surface area (Å²) >= 11 is 0. The van der Waals surface area contributed by atoms with Crippen molar-refractivity contribution in [3.63, 3.8) is 0 Å². The van der Waals surface area contributed by atoms with Crippen molar-refractivity contribution in [1.29, 1.82) is 0 Å². The molecule has 6 nitrogen and oxygen atoms in total. The number of nitrogens with one attached hydrogen (secondary N) is 2. The molecule has 0 saturated heterocycles.